The molecule has 0 aliphatic carbocycles. The Labute approximate surface area is 94.9 Å². The van der Waals surface area contributed by atoms with E-state index in [-0.39, 0.29) is 11.9 Å². The molecule has 3 rings (SSSR count). The zero-order valence-electron chi connectivity index (χ0n) is 9.18. The second-order valence-electron chi connectivity index (χ2n) is 4.30. The molecule has 0 unspecified atom stereocenters. The lowest BCUT2D eigenvalue weighted by Crippen LogP contribution is -2.44. The minimum Gasteiger partial charge on any atom is -0.305 e. The smallest absolute Gasteiger partial charge is 0.258 e. The van der Waals surface area contributed by atoms with Crippen molar-refractivity contribution in [3.05, 3.63) is 59.3 Å². The summed E-state index contributed by atoms with van der Waals surface area (Å²) in [6, 6.07) is 8.09. The van der Waals surface area contributed by atoms with Gasteiger partial charge in [0.2, 0.25) is 0 Å². The Hall–Kier alpha value is -1.83. The molecule has 1 amide bonds. The number of hydrogen-bond donors (Lipinski definition) is 0. The van der Waals surface area contributed by atoms with Crippen molar-refractivity contribution < 1.29 is 4.79 Å². The van der Waals surface area contributed by atoms with Crippen LogP contribution in [0.25, 0.3) is 0 Å². The molecule has 2 heterocycles. The van der Waals surface area contributed by atoms with E-state index < -0.39 is 0 Å². The molecule has 0 spiro atoms. The Balaban J connectivity index is 2.12. The summed E-state index contributed by atoms with van der Waals surface area (Å²) < 4.78 is 0. The van der Waals surface area contributed by atoms with Gasteiger partial charge in [-0.1, -0.05) is 30.4 Å². The Morgan fingerprint density at radius 1 is 1.31 bits per heavy atom. The van der Waals surface area contributed by atoms with Crippen LogP contribution in [0.15, 0.2) is 48.2 Å². The molecule has 1 atom stereocenters. The quantitative estimate of drug-likeness (QED) is 0.645. The summed E-state index contributed by atoms with van der Waals surface area (Å²) >= 11 is 0. The summed E-state index contributed by atoms with van der Waals surface area (Å²) in [5, 5.41) is 0. The zero-order chi connectivity index (χ0) is 11.1. The van der Waals surface area contributed by atoms with Crippen LogP contribution in [0.1, 0.15) is 22.8 Å². The van der Waals surface area contributed by atoms with Gasteiger partial charge < -0.3 is 4.90 Å². The lowest BCUT2D eigenvalue weighted by molar-refractivity contribution is 0.0751. The van der Waals surface area contributed by atoms with Crippen molar-refractivity contribution in [3.63, 3.8) is 0 Å². The van der Waals surface area contributed by atoms with Crippen LogP contribution in [-0.2, 0) is 6.42 Å². The molecule has 0 saturated carbocycles. The predicted molar refractivity (Wildman–Crippen MR) is 63.0 cm³/mol. The molecular formula is C14H13NO. The Morgan fingerprint density at radius 2 is 2.12 bits per heavy atom. The Bertz CT molecular complexity index is 513. The third kappa shape index (κ3) is 1.23. The molecule has 80 valence electrons. The second-order valence-corrected chi connectivity index (χ2v) is 4.30. The average molecular weight is 211 g/mol. The van der Waals surface area contributed by atoms with E-state index in [0.29, 0.717) is 0 Å². The molecule has 0 saturated heterocycles. The Kier molecular flexibility index (Phi) is 1.96. The first-order valence-electron chi connectivity index (χ1n) is 5.54. The summed E-state index contributed by atoms with van der Waals surface area (Å²) in [5.74, 6) is 0.130. The van der Waals surface area contributed by atoms with E-state index in [0.717, 1.165) is 23.2 Å². The summed E-state index contributed by atoms with van der Waals surface area (Å²) in [6.07, 6.45) is 7.05. The highest BCUT2D eigenvalue weighted by Crippen LogP contribution is 2.28. The number of carbonyl (C=O) groups is 1. The van der Waals surface area contributed by atoms with Crippen molar-refractivity contribution in [2.75, 3.05) is 0 Å². The summed E-state index contributed by atoms with van der Waals surface area (Å²) in [6.45, 7) is 1.99. The number of fused-ring (bicyclic) bond motifs is 2. The van der Waals surface area contributed by atoms with Crippen molar-refractivity contribution in [2.45, 2.75) is 19.4 Å². The molecule has 0 N–H and O–H groups in total. The van der Waals surface area contributed by atoms with Crippen molar-refractivity contribution in [1.82, 2.24) is 4.90 Å². The number of amides is 1. The highest BCUT2D eigenvalue weighted by molar-refractivity contribution is 5.98. The number of carbonyl (C=O) groups excluding carboxylic acids is 1. The van der Waals surface area contributed by atoms with Crippen LogP contribution in [0.3, 0.4) is 0 Å². The van der Waals surface area contributed by atoms with Crippen LogP contribution in [0, 0.1) is 0 Å². The minimum atomic E-state index is 0.130. The van der Waals surface area contributed by atoms with Crippen molar-refractivity contribution in [1.29, 1.82) is 0 Å². The first-order chi connectivity index (χ1) is 7.77. The van der Waals surface area contributed by atoms with Gasteiger partial charge in [0, 0.05) is 11.3 Å². The average Bonchev–Trinajstić information content (AvgIpc) is 2.29. The normalized spacial score (nSPS) is 22.6. The molecule has 0 radical (unpaired) electrons. The summed E-state index contributed by atoms with van der Waals surface area (Å²) in [7, 11) is 0. The van der Waals surface area contributed by atoms with Gasteiger partial charge in [-0.2, -0.15) is 0 Å². The van der Waals surface area contributed by atoms with E-state index in [1.807, 2.05) is 48.2 Å². The van der Waals surface area contributed by atoms with E-state index in [9.17, 15) is 4.79 Å². The first-order valence-corrected chi connectivity index (χ1v) is 5.54. The predicted octanol–water partition coefficient (Wildman–Crippen LogP) is 2.53. The van der Waals surface area contributed by atoms with E-state index in [2.05, 4.69) is 6.08 Å². The van der Waals surface area contributed by atoms with Crippen molar-refractivity contribution in [3.8, 4) is 0 Å². The van der Waals surface area contributed by atoms with Gasteiger partial charge >= 0.3 is 0 Å². The molecule has 1 aromatic carbocycles. The van der Waals surface area contributed by atoms with Crippen LogP contribution in [0.2, 0.25) is 0 Å². The van der Waals surface area contributed by atoms with Gasteiger partial charge in [-0.25, -0.2) is 0 Å². The summed E-state index contributed by atoms with van der Waals surface area (Å²) in [5.41, 5.74) is 3.04. The van der Waals surface area contributed by atoms with E-state index in [1.165, 1.54) is 0 Å². The van der Waals surface area contributed by atoms with Gasteiger partial charge in [0.05, 0.1) is 6.04 Å². The molecule has 1 aromatic rings. The molecule has 0 bridgehead atoms. The topological polar surface area (TPSA) is 20.3 Å². The number of hydrogen-bond acceptors (Lipinski definition) is 1. The number of benzene rings is 1. The number of allylic oxidation sites excluding steroid dienone is 3. The van der Waals surface area contributed by atoms with Crippen molar-refractivity contribution in [2.24, 2.45) is 0 Å². The third-order valence-electron chi connectivity index (χ3n) is 3.28. The van der Waals surface area contributed by atoms with Gasteiger partial charge in [-0.3, -0.25) is 4.79 Å². The van der Waals surface area contributed by atoms with E-state index in [4.69, 9.17) is 0 Å². The Morgan fingerprint density at radius 3 is 3.00 bits per heavy atom. The maximum Gasteiger partial charge on any atom is 0.258 e. The standard InChI is InChI=1S/C14H13NO/c1-10-5-4-7-12-9-11-6-2-3-8-13(11)14(16)15(10)12/h2-8,12H,9H2,1H3/t12-/m0/s1. The molecule has 16 heavy (non-hydrogen) atoms. The molecule has 2 aliphatic rings. The molecule has 2 nitrogen and oxygen atoms in total. The van der Waals surface area contributed by atoms with Crippen LogP contribution in [0.4, 0.5) is 0 Å². The SMILES string of the molecule is CC1=CC=C[C@H]2Cc3ccccc3C(=O)N12. The van der Waals surface area contributed by atoms with E-state index in [1.54, 1.807) is 0 Å². The molecule has 0 aromatic heterocycles. The zero-order valence-corrected chi connectivity index (χ0v) is 9.18. The van der Waals surface area contributed by atoms with Crippen molar-refractivity contribution >= 4 is 5.91 Å². The fourth-order valence-electron chi connectivity index (χ4n) is 2.48. The highest BCUT2D eigenvalue weighted by Gasteiger charge is 2.32. The molecule has 2 heteroatoms. The van der Waals surface area contributed by atoms with Crippen LogP contribution in [-0.4, -0.2) is 16.8 Å². The van der Waals surface area contributed by atoms with Gasteiger partial charge in [0.1, 0.15) is 0 Å². The summed E-state index contributed by atoms with van der Waals surface area (Å²) in [4.78, 5) is 14.2. The largest absolute Gasteiger partial charge is 0.305 e. The maximum atomic E-state index is 12.3. The van der Waals surface area contributed by atoms with Crippen LogP contribution in [0.5, 0.6) is 0 Å². The highest BCUT2D eigenvalue weighted by atomic mass is 16.2. The van der Waals surface area contributed by atoms with E-state index >= 15 is 0 Å². The van der Waals surface area contributed by atoms with Gasteiger partial charge in [0.15, 0.2) is 0 Å². The fourth-order valence-corrected chi connectivity index (χ4v) is 2.48. The minimum absolute atomic E-state index is 0.130. The molecular weight excluding hydrogens is 198 g/mol. The molecule has 0 fully saturated rings. The van der Waals surface area contributed by atoms with Gasteiger partial charge in [0.25, 0.3) is 5.91 Å². The second kappa shape index (κ2) is 3.34. The third-order valence-corrected chi connectivity index (χ3v) is 3.28. The number of rotatable bonds is 0. The maximum absolute atomic E-state index is 12.3. The number of nitrogens with zero attached hydrogens (tertiary/aromatic N) is 1. The first kappa shape index (κ1) is 9.40. The lowest BCUT2D eigenvalue weighted by atomic mass is 9.91. The van der Waals surface area contributed by atoms with Gasteiger partial charge in [-0.05, 0) is 31.1 Å². The van der Waals surface area contributed by atoms with Crippen LogP contribution < -0.4 is 0 Å². The monoisotopic (exact) mass is 211 g/mol. The lowest BCUT2D eigenvalue weighted by Gasteiger charge is -2.37. The van der Waals surface area contributed by atoms with Crippen LogP contribution >= 0.6 is 0 Å². The van der Waals surface area contributed by atoms with Gasteiger partial charge in [-0.15, -0.1) is 0 Å². The fraction of sp³-hybridized carbons (Fsp3) is 0.214. The molecule has 2 aliphatic heterocycles.